The smallest absolute Gasteiger partial charge is 0.111 e. The summed E-state index contributed by atoms with van der Waals surface area (Å²) < 4.78 is 0. The highest BCUT2D eigenvalue weighted by Crippen LogP contribution is 2.34. The van der Waals surface area contributed by atoms with Crippen molar-refractivity contribution in [3.05, 3.63) is 35.6 Å². The molecular formula is C20H31NO2. The van der Waals surface area contributed by atoms with Gasteiger partial charge >= 0.3 is 0 Å². The SMILES string of the molecule is CC1=CC(O)=CC(C)C1CC1C=CC(O)C(C2CCCCC2)N1. The Kier molecular flexibility index (Phi) is 5.27. The van der Waals surface area contributed by atoms with E-state index in [4.69, 9.17) is 0 Å². The molecule has 0 aromatic heterocycles. The van der Waals surface area contributed by atoms with Gasteiger partial charge in [0.05, 0.1) is 6.10 Å². The predicted molar refractivity (Wildman–Crippen MR) is 94.2 cm³/mol. The second-order valence-corrected chi connectivity index (χ2v) is 7.75. The van der Waals surface area contributed by atoms with E-state index in [2.05, 4.69) is 25.2 Å². The number of rotatable bonds is 3. The Labute approximate surface area is 140 Å². The van der Waals surface area contributed by atoms with Crippen LogP contribution in [-0.2, 0) is 0 Å². The second kappa shape index (κ2) is 7.23. The topological polar surface area (TPSA) is 52.5 Å². The Morgan fingerprint density at radius 1 is 1.17 bits per heavy atom. The molecule has 3 nitrogen and oxygen atoms in total. The van der Waals surface area contributed by atoms with E-state index in [0.717, 1.165) is 6.42 Å². The van der Waals surface area contributed by atoms with Crippen LogP contribution in [0.5, 0.6) is 0 Å². The molecule has 0 aromatic carbocycles. The van der Waals surface area contributed by atoms with Gasteiger partial charge in [-0.05, 0) is 56.1 Å². The first kappa shape index (κ1) is 16.8. The summed E-state index contributed by atoms with van der Waals surface area (Å²) >= 11 is 0. The quantitative estimate of drug-likeness (QED) is 0.693. The van der Waals surface area contributed by atoms with Crippen molar-refractivity contribution in [1.29, 1.82) is 0 Å². The molecule has 3 aliphatic rings. The highest BCUT2D eigenvalue weighted by molar-refractivity contribution is 5.26. The fourth-order valence-electron chi connectivity index (χ4n) is 4.69. The first-order valence-electron chi connectivity index (χ1n) is 9.26. The van der Waals surface area contributed by atoms with Crippen LogP contribution in [0.15, 0.2) is 35.6 Å². The highest BCUT2D eigenvalue weighted by atomic mass is 16.3. The van der Waals surface area contributed by atoms with Crippen LogP contribution in [-0.4, -0.2) is 28.4 Å². The van der Waals surface area contributed by atoms with Gasteiger partial charge in [-0.15, -0.1) is 0 Å². The fraction of sp³-hybridized carbons (Fsp3) is 0.700. The monoisotopic (exact) mass is 317 g/mol. The van der Waals surface area contributed by atoms with Gasteiger partial charge < -0.3 is 15.5 Å². The summed E-state index contributed by atoms with van der Waals surface area (Å²) in [6, 6.07) is 0.521. The van der Waals surface area contributed by atoms with Gasteiger partial charge in [-0.25, -0.2) is 0 Å². The van der Waals surface area contributed by atoms with Gasteiger partial charge in [0, 0.05) is 12.1 Å². The number of nitrogens with one attached hydrogen (secondary N) is 1. The normalized spacial score (nSPS) is 39.0. The highest BCUT2D eigenvalue weighted by Gasteiger charge is 2.33. The summed E-state index contributed by atoms with van der Waals surface area (Å²) in [6.45, 7) is 4.29. The number of aliphatic hydroxyl groups is 2. The van der Waals surface area contributed by atoms with Crippen LogP contribution in [0.1, 0.15) is 52.4 Å². The zero-order chi connectivity index (χ0) is 16.4. The third kappa shape index (κ3) is 3.89. The first-order chi connectivity index (χ1) is 11.0. The van der Waals surface area contributed by atoms with Gasteiger partial charge in [-0.3, -0.25) is 0 Å². The molecule has 2 aliphatic carbocycles. The molecular weight excluding hydrogens is 286 g/mol. The molecule has 0 aromatic rings. The molecule has 1 aliphatic heterocycles. The standard InChI is InChI=1S/C20H31NO2/c1-13-10-17(22)11-14(2)18(13)12-16-8-9-19(23)20(21-16)15-6-4-3-5-7-15/h8-11,13,15-16,18-23H,3-7,12H2,1-2H3. The van der Waals surface area contributed by atoms with Gasteiger partial charge in [0.2, 0.25) is 0 Å². The minimum absolute atomic E-state index is 0.206. The minimum Gasteiger partial charge on any atom is -0.508 e. The van der Waals surface area contributed by atoms with Crippen molar-refractivity contribution < 1.29 is 10.2 Å². The Morgan fingerprint density at radius 3 is 2.61 bits per heavy atom. The number of hydrogen-bond acceptors (Lipinski definition) is 3. The second-order valence-electron chi connectivity index (χ2n) is 7.75. The molecule has 5 unspecified atom stereocenters. The lowest BCUT2D eigenvalue weighted by atomic mass is 9.77. The van der Waals surface area contributed by atoms with Crippen LogP contribution in [0.25, 0.3) is 0 Å². The van der Waals surface area contributed by atoms with Gasteiger partial charge in [0.1, 0.15) is 5.76 Å². The molecule has 1 heterocycles. The number of allylic oxidation sites excluding steroid dienone is 3. The molecule has 0 saturated heterocycles. The van der Waals surface area contributed by atoms with Crippen molar-refractivity contribution in [2.24, 2.45) is 17.8 Å². The lowest BCUT2D eigenvalue weighted by Crippen LogP contribution is -2.52. The average molecular weight is 317 g/mol. The Bertz CT molecular complexity index is 502. The predicted octanol–water partition coefficient (Wildman–Crippen LogP) is 3.87. The van der Waals surface area contributed by atoms with Gasteiger partial charge in [-0.1, -0.05) is 43.9 Å². The van der Waals surface area contributed by atoms with Gasteiger partial charge in [0.15, 0.2) is 0 Å². The van der Waals surface area contributed by atoms with Crippen LogP contribution in [0.2, 0.25) is 0 Å². The third-order valence-corrected chi connectivity index (χ3v) is 6.01. The Morgan fingerprint density at radius 2 is 1.91 bits per heavy atom. The Hall–Kier alpha value is -1.06. The molecule has 23 heavy (non-hydrogen) atoms. The van der Waals surface area contributed by atoms with Crippen LogP contribution >= 0.6 is 0 Å². The Balaban J connectivity index is 1.65. The lowest BCUT2D eigenvalue weighted by molar-refractivity contribution is 0.103. The molecule has 0 amide bonds. The summed E-state index contributed by atoms with van der Waals surface area (Å²) in [5, 5.41) is 23.8. The molecule has 3 heteroatoms. The van der Waals surface area contributed by atoms with Crippen LogP contribution < -0.4 is 5.32 Å². The first-order valence-corrected chi connectivity index (χ1v) is 9.26. The van der Waals surface area contributed by atoms with Crippen LogP contribution in [0.4, 0.5) is 0 Å². The summed E-state index contributed by atoms with van der Waals surface area (Å²) in [4.78, 5) is 0. The maximum absolute atomic E-state index is 10.4. The number of hydrogen-bond donors (Lipinski definition) is 3. The van der Waals surface area contributed by atoms with E-state index in [1.165, 1.54) is 37.7 Å². The molecule has 0 radical (unpaired) electrons. The van der Waals surface area contributed by atoms with E-state index in [9.17, 15) is 10.2 Å². The van der Waals surface area contributed by atoms with E-state index >= 15 is 0 Å². The fourth-order valence-corrected chi connectivity index (χ4v) is 4.69. The van der Waals surface area contributed by atoms with Crippen molar-refractivity contribution in [3.63, 3.8) is 0 Å². The molecule has 0 spiro atoms. The summed E-state index contributed by atoms with van der Waals surface area (Å²) in [6.07, 6.45) is 15.1. The molecule has 3 N–H and O–H groups in total. The largest absolute Gasteiger partial charge is 0.508 e. The van der Waals surface area contributed by atoms with Gasteiger partial charge in [0.25, 0.3) is 0 Å². The molecule has 5 atom stereocenters. The maximum atomic E-state index is 10.4. The van der Waals surface area contributed by atoms with Crippen LogP contribution in [0.3, 0.4) is 0 Å². The van der Waals surface area contributed by atoms with Crippen molar-refractivity contribution in [2.45, 2.75) is 70.6 Å². The van der Waals surface area contributed by atoms with Crippen molar-refractivity contribution in [1.82, 2.24) is 5.32 Å². The summed E-state index contributed by atoms with van der Waals surface area (Å²) in [7, 11) is 0. The zero-order valence-electron chi connectivity index (χ0n) is 14.4. The van der Waals surface area contributed by atoms with E-state index in [-0.39, 0.29) is 12.1 Å². The van der Waals surface area contributed by atoms with Crippen molar-refractivity contribution >= 4 is 0 Å². The van der Waals surface area contributed by atoms with Crippen LogP contribution in [0, 0.1) is 17.8 Å². The number of aliphatic hydroxyl groups excluding tert-OH is 2. The van der Waals surface area contributed by atoms with E-state index in [0.29, 0.717) is 29.6 Å². The molecule has 0 bridgehead atoms. The maximum Gasteiger partial charge on any atom is 0.111 e. The van der Waals surface area contributed by atoms with E-state index < -0.39 is 0 Å². The zero-order valence-corrected chi connectivity index (χ0v) is 14.4. The van der Waals surface area contributed by atoms with Crippen molar-refractivity contribution in [2.75, 3.05) is 0 Å². The minimum atomic E-state index is -0.348. The van der Waals surface area contributed by atoms with Crippen molar-refractivity contribution in [3.8, 4) is 0 Å². The molecule has 3 rings (SSSR count). The summed E-state index contributed by atoms with van der Waals surface area (Å²) in [5.74, 6) is 1.81. The molecule has 1 fully saturated rings. The molecule has 128 valence electrons. The summed E-state index contributed by atoms with van der Waals surface area (Å²) in [5.41, 5.74) is 1.26. The molecule has 1 saturated carbocycles. The van der Waals surface area contributed by atoms with E-state index in [1.54, 1.807) is 0 Å². The van der Waals surface area contributed by atoms with E-state index in [1.807, 2.05) is 18.2 Å². The average Bonchev–Trinajstić information content (AvgIpc) is 2.53. The lowest BCUT2D eigenvalue weighted by Gasteiger charge is -2.39. The van der Waals surface area contributed by atoms with Gasteiger partial charge in [-0.2, -0.15) is 0 Å². The third-order valence-electron chi connectivity index (χ3n) is 6.01.